The third-order valence-corrected chi connectivity index (χ3v) is 4.21. The highest BCUT2D eigenvalue weighted by Crippen LogP contribution is 2.23. The molecule has 1 aromatic heterocycles. The molecule has 0 saturated heterocycles. The smallest absolute Gasteiger partial charge is 0.119 e. The summed E-state index contributed by atoms with van der Waals surface area (Å²) in [5, 5.41) is 10.5. The molecule has 1 saturated carbocycles. The molecule has 3 nitrogen and oxygen atoms in total. The number of aromatic nitrogens is 1. The highest BCUT2D eigenvalue weighted by molar-refractivity contribution is 7.11. The second-order valence-electron chi connectivity index (χ2n) is 4.49. The van der Waals surface area contributed by atoms with E-state index in [4.69, 9.17) is 4.74 Å². The van der Waals surface area contributed by atoms with Gasteiger partial charge in [0, 0.05) is 4.88 Å². The number of thiazole rings is 1. The van der Waals surface area contributed by atoms with Gasteiger partial charge in [-0.15, -0.1) is 11.3 Å². The van der Waals surface area contributed by atoms with E-state index in [1.807, 2.05) is 6.92 Å². The molecule has 1 aromatic rings. The van der Waals surface area contributed by atoms with Gasteiger partial charge in [0.2, 0.25) is 0 Å². The summed E-state index contributed by atoms with van der Waals surface area (Å²) in [6.07, 6.45) is 3.91. The molecule has 1 heterocycles. The fraction of sp³-hybridized carbons (Fsp3) is 0.750. The summed E-state index contributed by atoms with van der Waals surface area (Å²) in [4.78, 5) is 5.73. The van der Waals surface area contributed by atoms with Gasteiger partial charge in [0.05, 0.1) is 24.5 Å². The molecule has 0 spiro atoms. The minimum atomic E-state index is -0.107. The van der Waals surface area contributed by atoms with Crippen LogP contribution in [0.5, 0.6) is 0 Å². The van der Waals surface area contributed by atoms with Crippen LogP contribution < -0.4 is 0 Å². The molecule has 0 radical (unpaired) electrons. The first-order valence-corrected chi connectivity index (χ1v) is 6.69. The molecule has 0 aromatic carbocycles. The van der Waals surface area contributed by atoms with Crippen LogP contribution in [-0.4, -0.2) is 22.3 Å². The molecule has 0 unspecified atom stereocenters. The Morgan fingerprint density at radius 1 is 1.31 bits per heavy atom. The molecular formula is C12H19NO2S. The molecule has 1 aliphatic carbocycles. The van der Waals surface area contributed by atoms with Gasteiger partial charge in [0.15, 0.2) is 0 Å². The van der Waals surface area contributed by atoms with Crippen molar-refractivity contribution in [1.29, 1.82) is 0 Å². The van der Waals surface area contributed by atoms with E-state index < -0.39 is 0 Å². The van der Waals surface area contributed by atoms with Gasteiger partial charge in [-0.3, -0.25) is 0 Å². The Labute approximate surface area is 100 Å². The first kappa shape index (κ1) is 12.0. The lowest BCUT2D eigenvalue weighted by atomic mass is 9.95. The highest BCUT2D eigenvalue weighted by Gasteiger charge is 2.20. The summed E-state index contributed by atoms with van der Waals surface area (Å²) in [5.74, 6) is 0. The molecule has 1 N–H and O–H groups in total. The Kier molecular flexibility index (Phi) is 3.95. The van der Waals surface area contributed by atoms with Crippen molar-refractivity contribution in [1.82, 2.24) is 4.98 Å². The van der Waals surface area contributed by atoms with E-state index in [9.17, 15) is 5.11 Å². The van der Waals surface area contributed by atoms with Crippen molar-refractivity contribution in [2.75, 3.05) is 0 Å². The highest BCUT2D eigenvalue weighted by atomic mass is 32.1. The Bertz CT molecular complexity index is 323. The standard InChI is InChI=1S/C12H19NO2S/c1-8-9(2)16-12(13-8)7-15-11-5-3-10(14)4-6-11/h10-11,14H,3-7H2,1-2H3. The van der Waals surface area contributed by atoms with Crippen molar-refractivity contribution in [3.05, 3.63) is 15.6 Å². The number of ether oxygens (including phenoxy) is 1. The predicted molar refractivity (Wildman–Crippen MR) is 64.6 cm³/mol. The van der Waals surface area contributed by atoms with Crippen LogP contribution in [0.4, 0.5) is 0 Å². The lowest BCUT2D eigenvalue weighted by Gasteiger charge is -2.25. The summed E-state index contributed by atoms with van der Waals surface area (Å²) < 4.78 is 5.82. The number of aliphatic hydroxyl groups is 1. The summed E-state index contributed by atoms with van der Waals surface area (Å²) in [6.45, 7) is 4.75. The third kappa shape index (κ3) is 3.03. The van der Waals surface area contributed by atoms with E-state index in [1.54, 1.807) is 11.3 Å². The summed E-state index contributed by atoms with van der Waals surface area (Å²) in [6, 6.07) is 0. The van der Waals surface area contributed by atoms with Gasteiger partial charge in [0.1, 0.15) is 5.01 Å². The number of aliphatic hydroxyl groups excluding tert-OH is 1. The fourth-order valence-corrected chi connectivity index (χ4v) is 2.86. The monoisotopic (exact) mass is 241 g/mol. The van der Waals surface area contributed by atoms with Crippen molar-refractivity contribution in [3.8, 4) is 0 Å². The number of nitrogens with zero attached hydrogens (tertiary/aromatic N) is 1. The van der Waals surface area contributed by atoms with Crippen LogP contribution in [0.3, 0.4) is 0 Å². The van der Waals surface area contributed by atoms with E-state index in [-0.39, 0.29) is 6.10 Å². The second kappa shape index (κ2) is 5.25. The Morgan fingerprint density at radius 2 is 2.00 bits per heavy atom. The van der Waals surface area contributed by atoms with E-state index in [2.05, 4.69) is 11.9 Å². The average Bonchev–Trinajstić information content (AvgIpc) is 2.58. The van der Waals surface area contributed by atoms with Gasteiger partial charge >= 0.3 is 0 Å². The Balaban J connectivity index is 1.79. The number of hydrogen-bond acceptors (Lipinski definition) is 4. The van der Waals surface area contributed by atoms with Gasteiger partial charge in [-0.05, 0) is 39.5 Å². The third-order valence-electron chi connectivity index (χ3n) is 3.16. The maximum atomic E-state index is 9.39. The van der Waals surface area contributed by atoms with Crippen LogP contribution in [0.15, 0.2) is 0 Å². The maximum absolute atomic E-state index is 9.39. The van der Waals surface area contributed by atoms with Crippen molar-refractivity contribution < 1.29 is 9.84 Å². The average molecular weight is 241 g/mol. The van der Waals surface area contributed by atoms with Crippen LogP contribution >= 0.6 is 11.3 Å². The van der Waals surface area contributed by atoms with Crippen molar-refractivity contribution in [3.63, 3.8) is 0 Å². The normalized spacial score (nSPS) is 25.9. The topological polar surface area (TPSA) is 42.4 Å². The molecule has 0 bridgehead atoms. The van der Waals surface area contributed by atoms with E-state index in [1.165, 1.54) is 4.88 Å². The van der Waals surface area contributed by atoms with Crippen LogP contribution in [0.25, 0.3) is 0 Å². The van der Waals surface area contributed by atoms with Gasteiger partial charge in [-0.1, -0.05) is 0 Å². The molecule has 90 valence electrons. The van der Waals surface area contributed by atoms with E-state index in [0.29, 0.717) is 12.7 Å². The van der Waals surface area contributed by atoms with Gasteiger partial charge < -0.3 is 9.84 Å². The van der Waals surface area contributed by atoms with Gasteiger partial charge in [-0.25, -0.2) is 4.98 Å². The number of rotatable bonds is 3. The zero-order valence-corrected chi connectivity index (χ0v) is 10.7. The molecule has 0 atom stereocenters. The van der Waals surface area contributed by atoms with Crippen LogP contribution in [0.2, 0.25) is 0 Å². The van der Waals surface area contributed by atoms with Crippen LogP contribution in [-0.2, 0) is 11.3 Å². The molecule has 4 heteroatoms. The minimum Gasteiger partial charge on any atom is -0.393 e. The molecule has 0 amide bonds. The Morgan fingerprint density at radius 3 is 2.56 bits per heavy atom. The van der Waals surface area contributed by atoms with E-state index >= 15 is 0 Å². The lowest BCUT2D eigenvalue weighted by molar-refractivity contribution is -0.0119. The van der Waals surface area contributed by atoms with Crippen molar-refractivity contribution >= 4 is 11.3 Å². The largest absolute Gasteiger partial charge is 0.393 e. The second-order valence-corrected chi connectivity index (χ2v) is 5.78. The lowest BCUT2D eigenvalue weighted by Crippen LogP contribution is -2.24. The molecule has 1 fully saturated rings. The summed E-state index contributed by atoms with van der Waals surface area (Å²) >= 11 is 1.72. The maximum Gasteiger partial charge on any atom is 0.119 e. The zero-order valence-electron chi connectivity index (χ0n) is 9.90. The predicted octanol–water partition coefficient (Wildman–Crippen LogP) is 2.58. The zero-order chi connectivity index (χ0) is 11.5. The Hall–Kier alpha value is -0.450. The molecule has 1 aliphatic rings. The van der Waals surface area contributed by atoms with Crippen molar-refractivity contribution in [2.45, 2.75) is 58.3 Å². The number of aryl methyl sites for hydroxylation is 2. The van der Waals surface area contributed by atoms with Gasteiger partial charge in [0.25, 0.3) is 0 Å². The quantitative estimate of drug-likeness (QED) is 0.884. The first-order valence-electron chi connectivity index (χ1n) is 5.87. The van der Waals surface area contributed by atoms with Crippen LogP contribution in [0.1, 0.15) is 41.3 Å². The molecule has 2 rings (SSSR count). The minimum absolute atomic E-state index is 0.107. The number of hydrogen-bond donors (Lipinski definition) is 1. The fourth-order valence-electron chi connectivity index (χ4n) is 2.00. The van der Waals surface area contributed by atoms with Crippen molar-refractivity contribution in [2.24, 2.45) is 0 Å². The SMILES string of the molecule is Cc1nc(COC2CCC(O)CC2)sc1C. The van der Waals surface area contributed by atoms with Crippen LogP contribution in [0, 0.1) is 13.8 Å². The first-order chi connectivity index (χ1) is 7.65. The molecular weight excluding hydrogens is 222 g/mol. The summed E-state index contributed by atoms with van der Waals surface area (Å²) in [5.41, 5.74) is 1.11. The molecule has 0 aliphatic heterocycles. The summed E-state index contributed by atoms with van der Waals surface area (Å²) in [7, 11) is 0. The van der Waals surface area contributed by atoms with E-state index in [0.717, 1.165) is 36.4 Å². The molecule has 16 heavy (non-hydrogen) atoms. The van der Waals surface area contributed by atoms with Gasteiger partial charge in [-0.2, -0.15) is 0 Å².